The lowest BCUT2D eigenvalue weighted by molar-refractivity contribution is 0.165. The highest BCUT2D eigenvalue weighted by Gasteiger charge is 2.25. The van der Waals surface area contributed by atoms with Gasteiger partial charge in [0.25, 0.3) is 0 Å². The first-order valence-corrected chi connectivity index (χ1v) is 6.92. The standard InChI is InChI=1S/C15H24FN3/c1-11(17)13-4-3-12(9-14(13)16)10-19-7-5-15(2,18)6-8-19/h3-4,9,11H,5-8,10,17-18H2,1-2H3/t11-/m0/s1. The van der Waals surface area contributed by atoms with Crippen LogP contribution in [0.4, 0.5) is 4.39 Å². The molecule has 1 aliphatic rings. The number of nitrogens with zero attached hydrogens (tertiary/aromatic N) is 1. The molecule has 0 bridgehead atoms. The zero-order chi connectivity index (χ0) is 14.0. The third-order valence-corrected chi connectivity index (χ3v) is 3.96. The third kappa shape index (κ3) is 3.75. The van der Waals surface area contributed by atoms with Crippen LogP contribution in [0.25, 0.3) is 0 Å². The summed E-state index contributed by atoms with van der Waals surface area (Å²) in [7, 11) is 0. The minimum Gasteiger partial charge on any atom is -0.325 e. The number of halogens is 1. The topological polar surface area (TPSA) is 55.3 Å². The minimum atomic E-state index is -0.262. The van der Waals surface area contributed by atoms with E-state index in [4.69, 9.17) is 11.5 Å². The molecule has 0 radical (unpaired) electrons. The van der Waals surface area contributed by atoms with Crippen molar-refractivity contribution in [1.82, 2.24) is 4.90 Å². The first-order valence-electron chi connectivity index (χ1n) is 6.92. The largest absolute Gasteiger partial charge is 0.325 e. The molecular weight excluding hydrogens is 241 g/mol. The van der Waals surface area contributed by atoms with Crippen LogP contribution in [-0.4, -0.2) is 23.5 Å². The summed E-state index contributed by atoms with van der Waals surface area (Å²) in [6.45, 7) is 6.63. The number of rotatable bonds is 3. The SMILES string of the molecule is C[C@H](N)c1ccc(CN2CCC(C)(N)CC2)cc1F. The number of likely N-dealkylation sites (tertiary alicyclic amines) is 1. The Labute approximate surface area is 114 Å². The Morgan fingerprint density at radius 3 is 2.53 bits per heavy atom. The Morgan fingerprint density at radius 1 is 1.37 bits per heavy atom. The van der Waals surface area contributed by atoms with E-state index in [9.17, 15) is 4.39 Å². The van der Waals surface area contributed by atoms with E-state index in [1.807, 2.05) is 6.07 Å². The molecule has 1 heterocycles. The number of hydrogen-bond donors (Lipinski definition) is 2. The second-order valence-electron chi connectivity index (χ2n) is 6.07. The van der Waals surface area contributed by atoms with Crippen molar-refractivity contribution in [2.45, 2.75) is 44.8 Å². The zero-order valence-corrected chi connectivity index (χ0v) is 11.8. The van der Waals surface area contributed by atoms with Gasteiger partial charge < -0.3 is 11.5 Å². The van der Waals surface area contributed by atoms with Gasteiger partial charge in [-0.05, 0) is 38.3 Å². The first-order chi connectivity index (χ1) is 8.87. The van der Waals surface area contributed by atoms with Crippen LogP contribution in [-0.2, 0) is 6.54 Å². The molecule has 0 aromatic heterocycles. The Balaban J connectivity index is 1.99. The van der Waals surface area contributed by atoms with Gasteiger partial charge in [0.1, 0.15) is 5.82 Å². The van der Waals surface area contributed by atoms with Crippen molar-refractivity contribution in [2.24, 2.45) is 11.5 Å². The van der Waals surface area contributed by atoms with E-state index in [0.29, 0.717) is 5.56 Å². The highest BCUT2D eigenvalue weighted by atomic mass is 19.1. The van der Waals surface area contributed by atoms with Gasteiger partial charge in [-0.1, -0.05) is 12.1 Å². The molecule has 2 rings (SSSR count). The summed E-state index contributed by atoms with van der Waals surface area (Å²) in [5, 5.41) is 0. The van der Waals surface area contributed by atoms with E-state index in [2.05, 4.69) is 11.8 Å². The van der Waals surface area contributed by atoms with Gasteiger partial charge in [-0.15, -0.1) is 0 Å². The van der Waals surface area contributed by atoms with Crippen molar-refractivity contribution in [1.29, 1.82) is 0 Å². The lowest BCUT2D eigenvalue weighted by Gasteiger charge is -2.36. The summed E-state index contributed by atoms with van der Waals surface area (Å²) < 4.78 is 13.9. The summed E-state index contributed by atoms with van der Waals surface area (Å²) in [4.78, 5) is 2.33. The summed E-state index contributed by atoms with van der Waals surface area (Å²) in [5.41, 5.74) is 13.4. The lowest BCUT2D eigenvalue weighted by atomic mass is 9.91. The van der Waals surface area contributed by atoms with Crippen molar-refractivity contribution < 1.29 is 4.39 Å². The molecule has 1 saturated heterocycles. The predicted molar refractivity (Wildman–Crippen MR) is 76.1 cm³/mol. The lowest BCUT2D eigenvalue weighted by Crippen LogP contribution is -2.47. The van der Waals surface area contributed by atoms with Crippen LogP contribution in [0.2, 0.25) is 0 Å². The molecule has 0 aliphatic carbocycles. The van der Waals surface area contributed by atoms with Crippen molar-refractivity contribution in [3.05, 3.63) is 35.1 Å². The maximum absolute atomic E-state index is 13.9. The maximum atomic E-state index is 13.9. The molecule has 1 atom stereocenters. The number of benzene rings is 1. The van der Waals surface area contributed by atoms with Crippen molar-refractivity contribution in [3.8, 4) is 0 Å². The van der Waals surface area contributed by atoms with E-state index >= 15 is 0 Å². The number of hydrogen-bond acceptors (Lipinski definition) is 3. The quantitative estimate of drug-likeness (QED) is 0.880. The Hall–Kier alpha value is -0.970. The van der Waals surface area contributed by atoms with Crippen molar-refractivity contribution >= 4 is 0 Å². The van der Waals surface area contributed by atoms with E-state index < -0.39 is 0 Å². The maximum Gasteiger partial charge on any atom is 0.128 e. The first kappa shape index (κ1) is 14.4. The average molecular weight is 265 g/mol. The summed E-state index contributed by atoms with van der Waals surface area (Å²) >= 11 is 0. The molecule has 0 amide bonds. The van der Waals surface area contributed by atoms with Gasteiger partial charge in [0.15, 0.2) is 0 Å². The zero-order valence-electron chi connectivity index (χ0n) is 11.8. The van der Waals surface area contributed by atoms with Crippen LogP contribution < -0.4 is 11.5 Å². The van der Waals surface area contributed by atoms with E-state index in [-0.39, 0.29) is 17.4 Å². The molecule has 106 valence electrons. The molecule has 0 spiro atoms. The molecule has 1 aromatic carbocycles. The van der Waals surface area contributed by atoms with Crippen LogP contribution in [0.1, 0.15) is 43.9 Å². The number of nitrogens with two attached hydrogens (primary N) is 2. The molecule has 1 aromatic rings. The fourth-order valence-electron chi connectivity index (χ4n) is 2.52. The monoisotopic (exact) mass is 265 g/mol. The van der Waals surface area contributed by atoms with Gasteiger partial charge in [-0.3, -0.25) is 4.90 Å². The number of piperidine rings is 1. The molecular formula is C15H24FN3. The van der Waals surface area contributed by atoms with Crippen molar-refractivity contribution in [2.75, 3.05) is 13.1 Å². The Bertz CT molecular complexity index is 433. The Morgan fingerprint density at radius 2 is 2.00 bits per heavy atom. The van der Waals surface area contributed by atoms with Crippen molar-refractivity contribution in [3.63, 3.8) is 0 Å². The van der Waals surface area contributed by atoms with Crippen LogP contribution in [0, 0.1) is 5.82 Å². The second kappa shape index (κ2) is 5.57. The average Bonchev–Trinajstić information content (AvgIpc) is 2.31. The van der Waals surface area contributed by atoms with E-state index in [0.717, 1.165) is 38.0 Å². The fourth-order valence-corrected chi connectivity index (χ4v) is 2.52. The van der Waals surface area contributed by atoms with Gasteiger partial charge in [0.05, 0.1) is 0 Å². The van der Waals surface area contributed by atoms with Gasteiger partial charge in [0.2, 0.25) is 0 Å². The fraction of sp³-hybridized carbons (Fsp3) is 0.600. The van der Waals surface area contributed by atoms with Gasteiger partial charge in [-0.25, -0.2) is 4.39 Å². The van der Waals surface area contributed by atoms with Crippen LogP contribution in [0.15, 0.2) is 18.2 Å². The molecule has 0 unspecified atom stereocenters. The second-order valence-corrected chi connectivity index (χ2v) is 6.07. The highest BCUT2D eigenvalue weighted by Crippen LogP contribution is 2.22. The summed E-state index contributed by atoms with van der Waals surface area (Å²) in [5.74, 6) is -0.201. The Kier molecular flexibility index (Phi) is 4.23. The molecule has 4 N–H and O–H groups in total. The smallest absolute Gasteiger partial charge is 0.128 e. The molecule has 1 aliphatic heterocycles. The van der Waals surface area contributed by atoms with Gasteiger partial charge in [-0.2, -0.15) is 0 Å². The third-order valence-electron chi connectivity index (χ3n) is 3.96. The molecule has 4 heteroatoms. The summed E-state index contributed by atoms with van der Waals surface area (Å²) in [6, 6.07) is 5.11. The van der Waals surface area contributed by atoms with Crippen LogP contribution >= 0.6 is 0 Å². The van der Waals surface area contributed by atoms with E-state index in [1.165, 1.54) is 0 Å². The summed E-state index contributed by atoms with van der Waals surface area (Å²) in [6.07, 6.45) is 1.99. The molecule has 0 saturated carbocycles. The van der Waals surface area contributed by atoms with E-state index in [1.54, 1.807) is 19.1 Å². The molecule has 19 heavy (non-hydrogen) atoms. The van der Waals surface area contributed by atoms with Gasteiger partial charge in [0, 0.05) is 36.8 Å². The van der Waals surface area contributed by atoms with Crippen LogP contribution in [0.3, 0.4) is 0 Å². The predicted octanol–water partition coefficient (Wildman–Crippen LogP) is 2.16. The normalized spacial score (nSPS) is 21.3. The molecule has 1 fully saturated rings. The highest BCUT2D eigenvalue weighted by molar-refractivity contribution is 5.26. The van der Waals surface area contributed by atoms with Crippen LogP contribution in [0.5, 0.6) is 0 Å². The van der Waals surface area contributed by atoms with Gasteiger partial charge >= 0.3 is 0 Å². The minimum absolute atomic E-state index is 0.0411. The molecule has 3 nitrogen and oxygen atoms in total.